The van der Waals surface area contributed by atoms with Gasteiger partial charge in [-0.15, -0.1) is 5.10 Å². The van der Waals surface area contributed by atoms with E-state index in [4.69, 9.17) is 19.4 Å². The minimum absolute atomic E-state index is 0.0849. The zero-order chi connectivity index (χ0) is 55.9. The molecule has 0 radical (unpaired) electrons. The lowest BCUT2D eigenvalue weighted by Gasteiger charge is -2.37. The minimum atomic E-state index is -0.560. The number of anilines is 5. The fraction of sp³-hybridized carbons (Fsp3) is 0.214. The summed E-state index contributed by atoms with van der Waals surface area (Å²) in [6.07, 6.45) is 19.0. The Kier molecular flexibility index (Phi) is 13.6. The topological polar surface area (TPSA) is 250 Å². The van der Waals surface area contributed by atoms with Gasteiger partial charge in [-0.2, -0.15) is 5.10 Å². The predicted octanol–water partition coefficient (Wildman–Crippen LogP) is 8.54. The maximum Gasteiger partial charge on any atom is 0.246 e. The number of hydrogen-bond donors (Lipinski definition) is 2. The number of hydrogen-bond acceptors (Lipinski definition) is 19. The van der Waals surface area contributed by atoms with Crippen LogP contribution in [0.4, 0.5) is 37.7 Å². The first-order valence-corrected chi connectivity index (χ1v) is 25.8. The lowest BCUT2D eigenvalue weighted by molar-refractivity contribution is -0.128. The molecule has 0 unspecified atom stereocenters. The molecule has 0 spiro atoms. The van der Waals surface area contributed by atoms with Gasteiger partial charge in [0.25, 0.3) is 0 Å². The molecule has 2 aromatic carbocycles. The Morgan fingerprint density at radius 1 is 0.765 bits per heavy atom. The van der Waals surface area contributed by atoms with E-state index >= 15 is 8.78 Å². The molecule has 2 aliphatic rings. The second kappa shape index (κ2) is 21.4. The van der Waals surface area contributed by atoms with Crippen molar-refractivity contribution in [2.45, 2.75) is 52.1 Å². The number of fused-ring (bicyclic) bond motifs is 4. The van der Waals surface area contributed by atoms with E-state index in [0.29, 0.717) is 94.3 Å². The maximum absolute atomic E-state index is 16.1. The number of ether oxygens (including phenoxy) is 2. The molecule has 406 valence electrons. The predicted molar refractivity (Wildman–Crippen MR) is 296 cm³/mol. The molecule has 2 N–H and O–H groups in total. The number of likely N-dealkylation sites (N-methyl/N-ethyl adjacent to an activating group) is 1. The smallest absolute Gasteiger partial charge is 0.246 e. The summed E-state index contributed by atoms with van der Waals surface area (Å²) in [6, 6.07) is 13.0. The van der Waals surface area contributed by atoms with Gasteiger partial charge >= 0.3 is 0 Å². The fourth-order valence-electron chi connectivity index (χ4n) is 9.73. The maximum atomic E-state index is 16.1. The molecule has 1 saturated heterocycles. The molecule has 2 aliphatic heterocycles. The Morgan fingerprint density at radius 3 is 2.10 bits per heavy atom. The molecule has 23 nitrogen and oxygen atoms in total. The fourth-order valence-corrected chi connectivity index (χ4v) is 9.73. The molecule has 2 amide bonds. The molecule has 10 aromatic rings. The van der Waals surface area contributed by atoms with E-state index in [1.807, 2.05) is 24.9 Å². The molecule has 0 aliphatic carbocycles. The number of rotatable bonds is 14. The normalized spacial score (nSPS) is 15.6. The molecule has 12 rings (SSSR count). The van der Waals surface area contributed by atoms with Gasteiger partial charge < -0.3 is 34.8 Å². The summed E-state index contributed by atoms with van der Waals surface area (Å²) in [5.41, 5.74) is 4.44. The number of halogens is 2. The number of benzene rings is 2. The van der Waals surface area contributed by atoms with Gasteiger partial charge in [-0.1, -0.05) is 12.7 Å². The number of pyridine rings is 2. The van der Waals surface area contributed by atoms with E-state index < -0.39 is 11.6 Å². The molecule has 81 heavy (non-hydrogen) atoms. The van der Waals surface area contributed by atoms with Gasteiger partial charge in [0.15, 0.2) is 46.2 Å². The lowest BCUT2D eigenvalue weighted by Crippen LogP contribution is -2.48. The van der Waals surface area contributed by atoms with Crippen LogP contribution in [0.5, 0.6) is 23.0 Å². The number of amides is 2. The van der Waals surface area contributed by atoms with Crippen molar-refractivity contribution in [3.63, 3.8) is 0 Å². The summed E-state index contributed by atoms with van der Waals surface area (Å²) < 4.78 is 47.4. The standard InChI is InChI=1S/C56H49F2N19O4/c1-6-47(78)75-19-15-34(22-31(75)2)53-59-25-40-51(70-53)54(64-28-61-40)67-38-9-12-43(33(4)49(38)57)81-37-17-21-77-46(24-37)69-44(72-77)13-14-48(79)74-18-7-8-35(27-74)73(5)56-60-26-41-52(71-56)55(65-29-62-41)68-39-10-11-42(32(3)50(39)58)80-36-16-20-76-45(23-36)63-30-66-76/h6,9-17,20-21,23-26,28-31,35H,1,7-8,18-19,22,27H2,2-5H3,(H,61,64,67)(H,62,65,68)/b14-13-/t31-,35-/m0/s1. The van der Waals surface area contributed by atoms with Gasteiger partial charge in [0.1, 0.15) is 64.0 Å². The van der Waals surface area contributed by atoms with Crippen molar-refractivity contribution in [2.75, 3.05) is 42.2 Å². The van der Waals surface area contributed by atoms with Crippen LogP contribution in [0.15, 0.2) is 117 Å². The van der Waals surface area contributed by atoms with Gasteiger partial charge in [-0.05, 0) is 94.2 Å². The van der Waals surface area contributed by atoms with Crippen molar-refractivity contribution in [1.82, 2.24) is 78.9 Å². The van der Waals surface area contributed by atoms with Crippen LogP contribution >= 0.6 is 0 Å². The first-order chi connectivity index (χ1) is 39.3. The summed E-state index contributed by atoms with van der Waals surface area (Å²) in [5, 5.41) is 14.8. The minimum Gasteiger partial charge on any atom is -0.457 e. The number of nitrogens with zero attached hydrogens (tertiary/aromatic N) is 17. The number of likely N-dealkylation sites (tertiary alicyclic amines) is 1. The van der Waals surface area contributed by atoms with Crippen molar-refractivity contribution in [2.24, 2.45) is 0 Å². The summed E-state index contributed by atoms with van der Waals surface area (Å²) in [4.78, 5) is 76.3. The second-order valence-electron chi connectivity index (χ2n) is 19.4. The highest BCUT2D eigenvalue weighted by Gasteiger charge is 2.29. The molecular weight excluding hydrogens is 1040 g/mol. The van der Waals surface area contributed by atoms with Gasteiger partial charge in [0, 0.05) is 80.5 Å². The van der Waals surface area contributed by atoms with Gasteiger partial charge in [0.2, 0.25) is 17.8 Å². The van der Waals surface area contributed by atoms with Gasteiger partial charge in [-0.25, -0.2) is 67.7 Å². The summed E-state index contributed by atoms with van der Waals surface area (Å²) in [7, 11) is 1.87. The Hall–Kier alpha value is -10.5. The number of aromatic nitrogens is 14. The molecule has 2 atom stereocenters. The zero-order valence-corrected chi connectivity index (χ0v) is 44.1. The van der Waals surface area contributed by atoms with Crippen molar-refractivity contribution in [3.05, 3.63) is 152 Å². The molecule has 25 heteroatoms. The third-order valence-corrected chi connectivity index (χ3v) is 14.2. The van der Waals surface area contributed by atoms with E-state index in [2.05, 4.69) is 67.3 Å². The average molecular weight is 1090 g/mol. The summed E-state index contributed by atoms with van der Waals surface area (Å²) in [6.45, 7) is 10.1. The number of piperidine rings is 1. The van der Waals surface area contributed by atoms with Crippen LogP contribution in [0.2, 0.25) is 0 Å². The number of carbonyl (C=O) groups excluding carboxylic acids is 2. The van der Waals surface area contributed by atoms with Crippen molar-refractivity contribution in [1.29, 1.82) is 0 Å². The van der Waals surface area contributed by atoms with Crippen LogP contribution in [-0.4, -0.2) is 129 Å². The highest BCUT2D eigenvalue weighted by Crippen LogP contribution is 2.36. The molecule has 0 saturated carbocycles. The Bertz CT molecular complexity index is 4210. The molecule has 0 bridgehead atoms. The van der Waals surface area contributed by atoms with Crippen LogP contribution in [0.25, 0.3) is 45.0 Å². The highest BCUT2D eigenvalue weighted by molar-refractivity contribution is 5.92. The van der Waals surface area contributed by atoms with E-state index in [1.54, 1.807) is 112 Å². The SMILES string of the molecule is C=CC(=O)N1CC=C(c2ncc3ncnc(Nc4ccc(Oc5ccn6nc(/C=C\C(=O)N7CCC[C@H](N(C)c8ncc9ncnc(Nc%10ccc(Oc%11ccn%12ncnc%12c%11)c(C)c%10F)c9n8)C7)nc6c5)c(C)c4F)c3n2)C[C@@H]1C. The van der Waals surface area contributed by atoms with E-state index in [9.17, 15) is 9.59 Å². The molecule has 8 aromatic heterocycles. The van der Waals surface area contributed by atoms with Crippen LogP contribution in [0.3, 0.4) is 0 Å². The van der Waals surface area contributed by atoms with E-state index in [1.165, 1.54) is 31.1 Å². The summed E-state index contributed by atoms with van der Waals surface area (Å²) >= 11 is 0. The largest absolute Gasteiger partial charge is 0.457 e. The Morgan fingerprint density at radius 2 is 1.42 bits per heavy atom. The first kappa shape index (κ1) is 51.3. The van der Waals surface area contributed by atoms with Crippen LogP contribution < -0.4 is 25.0 Å². The molecule has 1 fully saturated rings. The quantitative estimate of drug-likeness (QED) is 0.0968. The first-order valence-electron chi connectivity index (χ1n) is 25.8. The monoisotopic (exact) mass is 1090 g/mol. The van der Waals surface area contributed by atoms with Crippen molar-refractivity contribution in [3.8, 4) is 23.0 Å². The van der Waals surface area contributed by atoms with Crippen LogP contribution in [0.1, 0.15) is 49.0 Å². The Labute approximate surface area is 459 Å². The van der Waals surface area contributed by atoms with Crippen LogP contribution in [0, 0.1) is 25.5 Å². The third kappa shape index (κ3) is 10.3. The number of carbonyl (C=O) groups is 2. The van der Waals surface area contributed by atoms with E-state index in [-0.39, 0.29) is 63.8 Å². The number of nitrogens with one attached hydrogen (secondary N) is 2. The average Bonchev–Trinajstić information content (AvgIpc) is 4.17. The summed E-state index contributed by atoms with van der Waals surface area (Å²) in [5.74, 6) is 1.74. The molecule has 10 heterocycles. The zero-order valence-electron chi connectivity index (χ0n) is 44.1. The lowest BCUT2D eigenvalue weighted by atomic mass is 10.0. The second-order valence-corrected chi connectivity index (χ2v) is 19.4. The Balaban J connectivity index is 0.682. The van der Waals surface area contributed by atoms with E-state index in [0.717, 1.165) is 18.4 Å². The van der Waals surface area contributed by atoms with Gasteiger partial charge in [0.05, 0.1) is 23.8 Å². The van der Waals surface area contributed by atoms with Gasteiger partial charge in [-0.3, -0.25) is 9.59 Å². The molecular formula is C56H49F2N19O4. The third-order valence-electron chi connectivity index (χ3n) is 14.2. The van der Waals surface area contributed by atoms with Crippen molar-refractivity contribution >= 4 is 85.8 Å². The van der Waals surface area contributed by atoms with Crippen LogP contribution in [-0.2, 0) is 9.59 Å². The van der Waals surface area contributed by atoms with Crippen molar-refractivity contribution < 1.29 is 27.8 Å². The highest BCUT2D eigenvalue weighted by atomic mass is 19.1.